The minimum atomic E-state index is -0.341. The molecular weight excluding hydrogens is 152 g/mol. The summed E-state index contributed by atoms with van der Waals surface area (Å²) in [7, 11) is 0. The van der Waals surface area contributed by atoms with Gasteiger partial charge in [-0.2, -0.15) is 0 Å². The molecule has 12 heavy (non-hydrogen) atoms. The molecule has 0 saturated heterocycles. The maximum absolute atomic E-state index is 10.2. The van der Waals surface area contributed by atoms with Crippen LogP contribution in [0.25, 0.3) is 0 Å². The Balaban J connectivity index is 0. The highest BCUT2D eigenvalue weighted by Gasteiger charge is 1.89. The largest absolute Gasteiger partial charge is 0.463 e. The van der Waals surface area contributed by atoms with Gasteiger partial charge < -0.3 is 4.74 Å². The lowest BCUT2D eigenvalue weighted by Gasteiger charge is -1.94. The molecule has 0 heterocycles. The minimum absolute atomic E-state index is 0.341. The van der Waals surface area contributed by atoms with Gasteiger partial charge >= 0.3 is 5.97 Å². The van der Waals surface area contributed by atoms with Crippen molar-refractivity contribution in [3.05, 3.63) is 24.8 Å². The van der Waals surface area contributed by atoms with E-state index in [1.54, 1.807) is 0 Å². The summed E-state index contributed by atoms with van der Waals surface area (Å²) >= 11 is 0. The normalized spacial score (nSPS) is 8.58. The van der Waals surface area contributed by atoms with E-state index in [1.165, 1.54) is 0 Å². The summed E-state index contributed by atoms with van der Waals surface area (Å²) in [6.45, 7) is 9.67. The van der Waals surface area contributed by atoms with Gasteiger partial charge in [-0.05, 0) is 20.3 Å². The van der Waals surface area contributed by atoms with Crippen molar-refractivity contribution in [3.63, 3.8) is 0 Å². The molecule has 0 rings (SSSR count). The van der Waals surface area contributed by atoms with Gasteiger partial charge in [-0.15, -0.1) is 0 Å². The quantitative estimate of drug-likeness (QED) is 0.370. The Hall–Kier alpha value is -1.05. The third kappa shape index (κ3) is 16.0. The van der Waals surface area contributed by atoms with Crippen LogP contribution in [0.5, 0.6) is 0 Å². The molecule has 0 bridgehead atoms. The molecule has 0 atom stereocenters. The molecule has 0 aliphatic carbocycles. The van der Waals surface area contributed by atoms with Crippen molar-refractivity contribution in [2.24, 2.45) is 0 Å². The number of carbonyl (C=O) groups is 1. The summed E-state index contributed by atoms with van der Waals surface area (Å²) < 4.78 is 4.58. The second kappa shape index (κ2) is 12.6. The maximum atomic E-state index is 10.2. The van der Waals surface area contributed by atoms with Crippen LogP contribution in [-0.2, 0) is 9.53 Å². The number of rotatable bonds is 3. The summed E-state index contributed by atoms with van der Waals surface area (Å²) in [6, 6.07) is 0. The summed E-state index contributed by atoms with van der Waals surface area (Å²) in [5.41, 5.74) is 0. The fraction of sp³-hybridized carbons (Fsp3) is 0.500. The van der Waals surface area contributed by atoms with Gasteiger partial charge in [-0.25, -0.2) is 4.79 Å². The van der Waals surface area contributed by atoms with E-state index in [4.69, 9.17) is 0 Å². The smallest absolute Gasteiger partial charge is 0.330 e. The Kier molecular flexibility index (Phi) is 14.2. The Labute approximate surface area is 74.9 Å². The average Bonchev–Trinajstić information content (AvgIpc) is 2.14. The zero-order chi connectivity index (χ0) is 9.82. The van der Waals surface area contributed by atoms with Gasteiger partial charge in [0, 0.05) is 6.08 Å². The Morgan fingerprint density at radius 3 is 2.17 bits per heavy atom. The highest BCUT2D eigenvalue weighted by Crippen LogP contribution is 1.81. The van der Waals surface area contributed by atoms with Gasteiger partial charge in [0.15, 0.2) is 0 Å². The Morgan fingerprint density at radius 1 is 1.42 bits per heavy atom. The van der Waals surface area contributed by atoms with Crippen LogP contribution in [0.1, 0.15) is 27.2 Å². The van der Waals surface area contributed by atoms with Crippen LogP contribution in [0.4, 0.5) is 0 Å². The molecule has 2 nitrogen and oxygen atoms in total. The molecule has 0 saturated carbocycles. The zero-order valence-corrected chi connectivity index (χ0v) is 8.17. The number of allylic oxidation sites excluding steroid dienone is 2. The predicted octanol–water partition coefficient (Wildman–Crippen LogP) is 2.71. The number of hydrogen-bond acceptors (Lipinski definition) is 2. The molecule has 70 valence electrons. The van der Waals surface area contributed by atoms with Gasteiger partial charge in [0.1, 0.15) is 0 Å². The van der Waals surface area contributed by atoms with Crippen LogP contribution >= 0.6 is 0 Å². The van der Waals surface area contributed by atoms with Crippen LogP contribution in [0.2, 0.25) is 0 Å². The zero-order valence-electron chi connectivity index (χ0n) is 8.17. The van der Waals surface area contributed by atoms with Gasteiger partial charge in [-0.3, -0.25) is 0 Å². The molecule has 0 N–H and O–H groups in total. The highest BCUT2D eigenvalue weighted by molar-refractivity contribution is 5.81. The number of esters is 1. The lowest BCUT2D eigenvalue weighted by Crippen LogP contribution is -1.99. The predicted molar refractivity (Wildman–Crippen MR) is 51.9 cm³/mol. The van der Waals surface area contributed by atoms with E-state index in [9.17, 15) is 4.79 Å². The topological polar surface area (TPSA) is 26.3 Å². The van der Waals surface area contributed by atoms with E-state index < -0.39 is 0 Å². The highest BCUT2D eigenvalue weighted by atomic mass is 16.5. The van der Waals surface area contributed by atoms with E-state index >= 15 is 0 Å². The molecule has 0 aliphatic rings. The molecule has 0 spiro atoms. The molecular formula is C10H18O2. The van der Waals surface area contributed by atoms with Gasteiger partial charge in [0.2, 0.25) is 0 Å². The van der Waals surface area contributed by atoms with E-state index in [0.717, 1.165) is 12.5 Å². The second-order valence-electron chi connectivity index (χ2n) is 2.04. The fourth-order valence-electron chi connectivity index (χ4n) is 0.262. The van der Waals surface area contributed by atoms with Crippen LogP contribution in [-0.4, -0.2) is 12.6 Å². The minimum Gasteiger partial charge on any atom is -0.463 e. The van der Waals surface area contributed by atoms with E-state index in [2.05, 4.69) is 11.3 Å². The second-order valence-corrected chi connectivity index (χ2v) is 2.04. The number of ether oxygens (including phenoxy) is 1. The fourth-order valence-corrected chi connectivity index (χ4v) is 0.262. The summed E-state index contributed by atoms with van der Waals surface area (Å²) in [4.78, 5) is 10.2. The molecule has 0 unspecified atom stereocenters. The van der Waals surface area contributed by atoms with Gasteiger partial charge in [0.25, 0.3) is 0 Å². The molecule has 2 heteroatoms. The first-order chi connectivity index (χ1) is 5.72. The summed E-state index contributed by atoms with van der Waals surface area (Å²) in [5.74, 6) is -0.341. The third-order valence-corrected chi connectivity index (χ3v) is 0.948. The molecule has 0 fully saturated rings. The van der Waals surface area contributed by atoms with Crippen LogP contribution < -0.4 is 0 Å². The molecule has 0 aromatic heterocycles. The Bertz CT molecular complexity index is 133. The van der Waals surface area contributed by atoms with Gasteiger partial charge in [-0.1, -0.05) is 25.7 Å². The number of hydrogen-bond donors (Lipinski definition) is 0. The monoisotopic (exact) mass is 170 g/mol. The molecule has 0 aliphatic heterocycles. The van der Waals surface area contributed by atoms with Crippen molar-refractivity contribution in [1.29, 1.82) is 0 Å². The third-order valence-electron chi connectivity index (χ3n) is 0.948. The first kappa shape index (κ1) is 13.5. The van der Waals surface area contributed by atoms with Gasteiger partial charge in [0.05, 0.1) is 6.61 Å². The first-order valence-electron chi connectivity index (χ1n) is 4.09. The standard InChI is InChI=1S/C6H10O2.C4H8/c1-3-5-8-6(7)4-2;1-3-4-2/h4H,2-3,5H2,1H3;3-4H,1-2H3. The molecule has 0 amide bonds. The molecule has 0 radical (unpaired) electrons. The van der Waals surface area contributed by atoms with Crippen molar-refractivity contribution in [2.75, 3.05) is 6.61 Å². The van der Waals surface area contributed by atoms with Crippen molar-refractivity contribution < 1.29 is 9.53 Å². The van der Waals surface area contributed by atoms with Crippen molar-refractivity contribution in [2.45, 2.75) is 27.2 Å². The molecule has 0 aromatic rings. The summed E-state index contributed by atoms with van der Waals surface area (Å²) in [5, 5.41) is 0. The number of carbonyl (C=O) groups excluding carboxylic acids is 1. The van der Waals surface area contributed by atoms with E-state index in [1.807, 2.05) is 32.9 Å². The lowest BCUT2D eigenvalue weighted by molar-refractivity contribution is -0.137. The van der Waals surface area contributed by atoms with E-state index in [0.29, 0.717) is 6.61 Å². The molecule has 0 aromatic carbocycles. The maximum Gasteiger partial charge on any atom is 0.330 e. The summed E-state index contributed by atoms with van der Waals surface area (Å²) in [6.07, 6.45) is 6.02. The van der Waals surface area contributed by atoms with Crippen LogP contribution in [0.15, 0.2) is 24.8 Å². The van der Waals surface area contributed by atoms with Crippen LogP contribution in [0.3, 0.4) is 0 Å². The SMILES string of the molecule is C=CC(=O)OCCC.CC=CC. The van der Waals surface area contributed by atoms with Crippen molar-refractivity contribution in [1.82, 2.24) is 0 Å². The Morgan fingerprint density at radius 2 is 1.92 bits per heavy atom. The lowest BCUT2D eigenvalue weighted by atomic mass is 10.5. The van der Waals surface area contributed by atoms with Crippen LogP contribution in [0, 0.1) is 0 Å². The van der Waals surface area contributed by atoms with Crippen molar-refractivity contribution >= 4 is 5.97 Å². The van der Waals surface area contributed by atoms with Crippen molar-refractivity contribution in [3.8, 4) is 0 Å². The first-order valence-corrected chi connectivity index (χ1v) is 4.09. The van der Waals surface area contributed by atoms with E-state index in [-0.39, 0.29) is 5.97 Å². The average molecular weight is 170 g/mol.